The number of carbonyl (C=O) groups is 2. The Labute approximate surface area is 152 Å². The summed E-state index contributed by atoms with van der Waals surface area (Å²) in [5.74, 6) is -0.0296. The van der Waals surface area contributed by atoms with Crippen molar-refractivity contribution in [3.63, 3.8) is 0 Å². The van der Waals surface area contributed by atoms with Crippen molar-refractivity contribution in [1.82, 2.24) is 20.2 Å². The summed E-state index contributed by atoms with van der Waals surface area (Å²) in [7, 11) is 0. The highest BCUT2D eigenvalue weighted by molar-refractivity contribution is 5.97. The van der Waals surface area contributed by atoms with Gasteiger partial charge in [0.05, 0.1) is 23.6 Å². The molecule has 8 nitrogen and oxygen atoms in total. The minimum atomic E-state index is -0.382. The highest BCUT2D eigenvalue weighted by Gasteiger charge is 2.56. The summed E-state index contributed by atoms with van der Waals surface area (Å²) in [6.45, 7) is 3.26. The number of hydrogen-bond donors (Lipinski definition) is 2. The molecule has 4 rings (SSSR count). The Morgan fingerprint density at radius 1 is 1.38 bits per heavy atom. The van der Waals surface area contributed by atoms with E-state index in [1.165, 1.54) is 12.4 Å². The zero-order valence-corrected chi connectivity index (χ0v) is 15.0. The minimum Gasteiger partial charge on any atom is -0.382 e. The van der Waals surface area contributed by atoms with E-state index in [9.17, 15) is 9.59 Å². The first-order chi connectivity index (χ1) is 12.6. The summed E-state index contributed by atoms with van der Waals surface area (Å²) in [5.41, 5.74) is 5.55. The second-order valence-electron chi connectivity index (χ2n) is 7.43. The number of nitrogen functional groups attached to an aromatic ring is 1. The molecule has 2 aliphatic carbocycles. The van der Waals surface area contributed by atoms with Gasteiger partial charge in [-0.1, -0.05) is 0 Å². The van der Waals surface area contributed by atoms with E-state index in [0.717, 1.165) is 32.1 Å². The second-order valence-corrected chi connectivity index (χ2v) is 7.43. The van der Waals surface area contributed by atoms with Crippen LogP contribution in [0.1, 0.15) is 49.5 Å². The molecule has 2 amide bonds. The topological polar surface area (TPSA) is 110 Å². The maximum atomic E-state index is 12.9. The number of likely N-dealkylation sites (tertiary alicyclic amines) is 1. The Balaban J connectivity index is 1.48. The van der Waals surface area contributed by atoms with Gasteiger partial charge < -0.3 is 20.7 Å². The highest BCUT2D eigenvalue weighted by atomic mass is 16.5. The molecule has 1 aromatic heterocycles. The van der Waals surface area contributed by atoms with E-state index in [2.05, 4.69) is 15.3 Å². The highest BCUT2D eigenvalue weighted by Crippen LogP contribution is 2.45. The van der Waals surface area contributed by atoms with Crippen molar-refractivity contribution in [2.24, 2.45) is 5.92 Å². The number of carbonyl (C=O) groups excluding carboxylic acids is 2. The van der Waals surface area contributed by atoms with Crippen LogP contribution in [-0.2, 0) is 9.53 Å². The molecular weight excluding hydrogens is 334 g/mol. The number of nitrogens with two attached hydrogens (primary N) is 1. The first-order valence-corrected chi connectivity index (χ1v) is 9.37. The van der Waals surface area contributed by atoms with Crippen molar-refractivity contribution in [2.75, 3.05) is 18.9 Å². The summed E-state index contributed by atoms with van der Waals surface area (Å²) in [4.78, 5) is 35.5. The van der Waals surface area contributed by atoms with Crippen LogP contribution < -0.4 is 11.1 Å². The number of anilines is 1. The van der Waals surface area contributed by atoms with Gasteiger partial charge in [0, 0.05) is 25.5 Å². The SMILES string of the molecule is CCOC1CC1C(=O)N1CCC2(NC(=O)c3nccnc3N)CCCC12. The van der Waals surface area contributed by atoms with E-state index in [1.54, 1.807) is 0 Å². The van der Waals surface area contributed by atoms with Crippen LogP contribution in [0.25, 0.3) is 0 Å². The lowest BCUT2D eigenvalue weighted by atomic mass is 9.92. The first-order valence-electron chi connectivity index (χ1n) is 9.37. The van der Waals surface area contributed by atoms with Gasteiger partial charge in [0.1, 0.15) is 0 Å². The maximum absolute atomic E-state index is 12.9. The minimum absolute atomic E-state index is 0.0160. The summed E-state index contributed by atoms with van der Waals surface area (Å²) < 4.78 is 5.57. The number of hydrogen-bond acceptors (Lipinski definition) is 6. The van der Waals surface area contributed by atoms with E-state index in [1.807, 2.05) is 11.8 Å². The van der Waals surface area contributed by atoms with Gasteiger partial charge in [0.25, 0.3) is 5.91 Å². The Kier molecular flexibility index (Phi) is 4.30. The molecule has 3 N–H and O–H groups in total. The van der Waals surface area contributed by atoms with E-state index in [-0.39, 0.29) is 46.9 Å². The molecule has 4 atom stereocenters. The number of fused-ring (bicyclic) bond motifs is 1. The van der Waals surface area contributed by atoms with Crippen molar-refractivity contribution < 1.29 is 14.3 Å². The van der Waals surface area contributed by atoms with E-state index in [4.69, 9.17) is 10.5 Å². The molecule has 1 aliphatic heterocycles. The average Bonchev–Trinajstić information content (AvgIpc) is 3.13. The molecule has 0 radical (unpaired) electrons. The molecule has 26 heavy (non-hydrogen) atoms. The van der Waals surface area contributed by atoms with Crippen molar-refractivity contribution in [2.45, 2.75) is 56.7 Å². The van der Waals surface area contributed by atoms with Crippen LogP contribution in [-0.4, -0.2) is 57.5 Å². The normalized spacial score (nSPS) is 32.3. The van der Waals surface area contributed by atoms with Gasteiger partial charge in [0.2, 0.25) is 5.91 Å². The molecular formula is C18H25N5O3. The lowest BCUT2D eigenvalue weighted by Crippen LogP contribution is -2.54. The zero-order valence-electron chi connectivity index (χ0n) is 15.0. The zero-order chi connectivity index (χ0) is 18.3. The largest absolute Gasteiger partial charge is 0.382 e. The van der Waals surface area contributed by atoms with Crippen molar-refractivity contribution in [1.29, 1.82) is 0 Å². The average molecular weight is 359 g/mol. The summed E-state index contributed by atoms with van der Waals surface area (Å²) in [6.07, 6.45) is 7.33. The molecule has 8 heteroatoms. The third kappa shape index (κ3) is 2.82. The van der Waals surface area contributed by atoms with Crippen molar-refractivity contribution in [3.8, 4) is 0 Å². The molecule has 3 fully saturated rings. The molecule has 1 aromatic rings. The standard InChI is InChI=1S/C18H25N5O3/c1-2-26-12-10-11(12)17(25)23-9-6-18(5-3-4-13(18)23)22-16(24)14-15(19)21-8-7-20-14/h7-8,11-13H,2-6,9-10H2,1H3,(H2,19,21)(H,22,24). The fourth-order valence-electron chi connectivity index (χ4n) is 4.60. The second kappa shape index (κ2) is 6.50. The van der Waals surface area contributed by atoms with Crippen molar-refractivity contribution in [3.05, 3.63) is 18.1 Å². The van der Waals surface area contributed by atoms with Gasteiger partial charge in [-0.05, 0) is 39.0 Å². The van der Waals surface area contributed by atoms with Gasteiger partial charge in [-0.3, -0.25) is 9.59 Å². The number of aromatic nitrogens is 2. The third-order valence-electron chi connectivity index (χ3n) is 5.93. The molecule has 0 bridgehead atoms. The van der Waals surface area contributed by atoms with E-state index < -0.39 is 0 Å². The quantitative estimate of drug-likeness (QED) is 0.802. The van der Waals surface area contributed by atoms with Crippen LogP contribution in [0, 0.1) is 5.92 Å². The lowest BCUT2D eigenvalue weighted by Gasteiger charge is -2.33. The Morgan fingerprint density at radius 2 is 2.19 bits per heavy atom. The molecule has 0 aromatic carbocycles. The van der Waals surface area contributed by atoms with Crippen LogP contribution in [0.2, 0.25) is 0 Å². The smallest absolute Gasteiger partial charge is 0.274 e. The number of amides is 2. The summed E-state index contributed by atoms with van der Waals surface area (Å²) >= 11 is 0. The fraction of sp³-hybridized carbons (Fsp3) is 0.667. The van der Waals surface area contributed by atoms with Gasteiger partial charge in [-0.15, -0.1) is 0 Å². The number of ether oxygens (including phenoxy) is 1. The molecule has 4 unspecified atom stereocenters. The van der Waals surface area contributed by atoms with Gasteiger partial charge >= 0.3 is 0 Å². The molecule has 1 saturated heterocycles. The predicted molar refractivity (Wildman–Crippen MR) is 94.1 cm³/mol. The molecule has 140 valence electrons. The van der Waals surface area contributed by atoms with Crippen LogP contribution in [0.3, 0.4) is 0 Å². The lowest BCUT2D eigenvalue weighted by molar-refractivity contribution is -0.134. The Morgan fingerprint density at radius 3 is 2.96 bits per heavy atom. The Bertz CT molecular complexity index is 727. The van der Waals surface area contributed by atoms with Crippen LogP contribution >= 0.6 is 0 Å². The Hall–Kier alpha value is -2.22. The van der Waals surface area contributed by atoms with E-state index >= 15 is 0 Å². The van der Waals surface area contributed by atoms with Crippen LogP contribution in [0.15, 0.2) is 12.4 Å². The molecule has 2 saturated carbocycles. The third-order valence-corrected chi connectivity index (χ3v) is 5.93. The number of rotatable bonds is 5. The predicted octanol–water partition coefficient (Wildman–Crippen LogP) is 0.737. The molecule has 2 heterocycles. The van der Waals surface area contributed by atoms with Gasteiger partial charge in [-0.25, -0.2) is 9.97 Å². The van der Waals surface area contributed by atoms with E-state index in [0.29, 0.717) is 13.2 Å². The van der Waals surface area contributed by atoms with Crippen molar-refractivity contribution >= 4 is 17.6 Å². The fourth-order valence-corrected chi connectivity index (χ4v) is 4.60. The first kappa shape index (κ1) is 17.2. The van der Waals surface area contributed by atoms with Crippen LogP contribution in [0.5, 0.6) is 0 Å². The monoisotopic (exact) mass is 359 g/mol. The molecule has 0 spiro atoms. The summed E-state index contributed by atoms with van der Waals surface area (Å²) in [5, 5.41) is 3.15. The maximum Gasteiger partial charge on any atom is 0.274 e. The van der Waals surface area contributed by atoms with Crippen LogP contribution in [0.4, 0.5) is 5.82 Å². The number of nitrogens with one attached hydrogen (secondary N) is 1. The molecule has 3 aliphatic rings. The summed E-state index contributed by atoms with van der Waals surface area (Å²) in [6, 6.07) is 0.0414. The number of nitrogens with zero attached hydrogens (tertiary/aromatic N) is 3. The van der Waals surface area contributed by atoms with Gasteiger partial charge in [0.15, 0.2) is 11.5 Å². The van der Waals surface area contributed by atoms with Gasteiger partial charge in [-0.2, -0.15) is 0 Å².